The van der Waals surface area contributed by atoms with Gasteiger partial charge in [-0.3, -0.25) is 4.79 Å². The van der Waals surface area contributed by atoms with Crippen LogP contribution in [0.1, 0.15) is 47.5 Å². The lowest BCUT2D eigenvalue weighted by atomic mass is 10.2. The van der Waals surface area contributed by atoms with Gasteiger partial charge in [0.25, 0.3) is 5.91 Å². The van der Waals surface area contributed by atoms with Gasteiger partial charge in [-0.05, 0) is 30.9 Å². The molecule has 7 nitrogen and oxygen atoms in total. The van der Waals surface area contributed by atoms with Crippen molar-refractivity contribution in [2.75, 3.05) is 18.4 Å². The van der Waals surface area contributed by atoms with E-state index in [0.717, 1.165) is 36.3 Å². The van der Waals surface area contributed by atoms with Crippen LogP contribution >= 0.6 is 11.3 Å². The second kappa shape index (κ2) is 8.59. The fraction of sp³-hybridized carbons (Fsp3) is 0.444. The Bertz CT molecular complexity index is 873. The van der Waals surface area contributed by atoms with Crippen molar-refractivity contribution >= 4 is 29.0 Å². The standard InChI is InChI=1S/C18H21F2N5O2S/c1-10(2)9-21-18(27)25-7-3-4-14(25)16-23-24-17(28-16)15(26)22-11-5-6-12(19)13(20)8-11/h5-6,8,10,14H,3-4,7,9H2,1-2H3,(H,21,27)(H,22,26)/t14-/m1/s1. The van der Waals surface area contributed by atoms with Gasteiger partial charge in [-0.25, -0.2) is 13.6 Å². The number of hydrogen-bond acceptors (Lipinski definition) is 5. The summed E-state index contributed by atoms with van der Waals surface area (Å²) in [6, 6.07) is 2.71. The lowest BCUT2D eigenvalue weighted by Crippen LogP contribution is -2.40. The number of likely N-dealkylation sites (tertiary alicyclic amines) is 1. The molecule has 1 saturated heterocycles. The van der Waals surface area contributed by atoms with Gasteiger partial charge in [-0.2, -0.15) is 0 Å². The Labute approximate surface area is 165 Å². The third-order valence-corrected chi connectivity index (χ3v) is 5.30. The molecular weight excluding hydrogens is 388 g/mol. The summed E-state index contributed by atoms with van der Waals surface area (Å²) in [7, 11) is 0. The van der Waals surface area contributed by atoms with Crippen LogP contribution in [0.5, 0.6) is 0 Å². The molecule has 3 amide bonds. The summed E-state index contributed by atoms with van der Waals surface area (Å²) in [6.07, 6.45) is 1.59. The first-order valence-electron chi connectivity index (χ1n) is 8.99. The highest BCUT2D eigenvalue weighted by Crippen LogP contribution is 2.33. The molecule has 1 aliphatic rings. The van der Waals surface area contributed by atoms with Crippen LogP contribution in [0.25, 0.3) is 0 Å². The smallest absolute Gasteiger partial charge is 0.318 e. The molecule has 1 aromatic carbocycles. The van der Waals surface area contributed by atoms with Crippen molar-refractivity contribution in [3.8, 4) is 0 Å². The number of amides is 3. The number of carbonyl (C=O) groups excluding carboxylic acids is 2. The van der Waals surface area contributed by atoms with Crippen LogP contribution in [0.4, 0.5) is 19.3 Å². The fourth-order valence-electron chi connectivity index (χ4n) is 2.88. The maximum atomic E-state index is 13.3. The van der Waals surface area contributed by atoms with Gasteiger partial charge in [0.1, 0.15) is 5.01 Å². The van der Waals surface area contributed by atoms with Crippen molar-refractivity contribution in [1.29, 1.82) is 0 Å². The van der Waals surface area contributed by atoms with Crippen LogP contribution < -0.4 is 10.6 Å². The number of urea groups is 1. The van der Waals surface area contributed by atoms with E-state index >= 15 is 0 Å². The first-order valence-corrected chi connectivity index (χ1v) is 9.81. The lowest BCUT2D eigenvalue weighted by molar-refractivity contribution is 0.102. The van der Waals surface area contributed by atoms with Crippen molar-refractivity contribution in [3.05, 3.63) is 39.8 Å². The van der Waals surface area contributed by atoms with Crippen LogP contribution in [0.15, 0.2) is 18.2 Å². The van der Waals surface area contributed by atoms with E-state index in [1.54, 1.807) is 4.90 Å². The molecule has 0 aliphatic carbocycles. The van der Waals surface area contributed by atoms with Gasteiger partial charge < -0.3 is 15.5 Å². The van der Waals surface area contributed by atoms with Gasteiger partial charge in [0.05, 0.1) is 6.04 Å². The molecule has 0 bridgehead atoms. The third kappa shape index (κ3) is 4.61. The van der Waals surface area contributed by atoms with Gasteiger partial charge in [0, 0.05) is 24.8 Å². The molecular formula is C18H21F2N5O2S. The Balaban J connectivity index is 1.67. The van der Waals surface area contributed by atoms with Crippen molar-refractivity contribution < 1.29 is 18.4 Å². The summed E-state index contributed by atoms with van der Waals surface area (Å²) in [5, 5.41) is 14.0. The van der Waals surface area contributed by atoms with Crippen LogP contribution in [0, 0.1) is 17.6 Å². The van der Waals surface area contributed by atoms with E-state index in [-0.39, 0.29) is 22.8 Å². The molecule has 2 heterocycles. The second-order valence-corrected chi connectivity index (χ2v) is 7.97. The maximum absolute atomic E-state index is 13.3. The monoisotopic (exact) mass is 409 g/mol. The number of aromatic nitrogens is 2. The zero-order valence-corrected chi connectivity index (χ0v) is 16.4. The van der Waals surface area contributed by atoms with E-state index in [1.165, 1.54) is 6.07 Å². The maximum Gasteiger partial charge on any atom is 0.318 e. The number of rotatable bonds is 5. The number of nitrogens with zero attached hydrogens (tertiary/aromatic N) is 3. The van der Waals surface area contributed by atoms with E-state index in [9.17, 15) is 18.4 Å². The van der Waals surface area contributed by atoms with Crippen LogP contribution in [-0.4, -0.2) is 40.1 Å². The van der Waals surface area contributed by atoms with Crippen molar-refractivity contribution in [3.63, 3.8) is 0 Å². The lowest BCUT2D eigenvalue weighted by Gasteiger charge is -2.23. The topological polar surface area (TPSA) is 87.2 Å². The van der Waals surface area contributed by atoms with Crippen molar-refractivity contribution in [1.82, 2.24) is 20.4 Å². The van der Waals surface area contributed by atoms with Crippen LogP contribution in [-0.2, 0) is 0 Å². The molecule has 10 heteroatoms. The fourth-order valence-corrected chi connectivity index (χ4v) is 3.77. The Morgan fingerprint density at radius 3 is 2.79 bits per heavy atom. The minimum absolute atomic E-state index is 0.0918. The van der Waals surface area contributed by atoms with Crippen LogP contribution in [0.3, 0.4) is 0 Å². The number of nitrogens with one attached hydrogen (secondary N) is 2. The highest BCUT2D eigenvalue weighted by atomic mass is 32.1. The minimum atomic E-state index is -1.05. The summed E-state index contributed by atoms with van der Waals surface area (Å²) in [4.78, 5) is 26.4. The first-order chi connectivity index (χ1) is 13.3. The quantitative estimate of drug-likeness (QED) is 0.790. The number of hydrogen-bond donors (Lipinski definition) is 2. The summed E-state index contributed by atoms with van der Waals surface area (Å²) in [5.41, 5.74) is 0.121. The number of carbonyl (C=O) groups is 2. The van der Waals surface area contributed by atoms with Crippen LogP contribution in [0.2, 0.25) is 0 Å². The third-order valence-electron chi connectivity index (χ3n) is 4.27. The molecule has 1 atom stereocenters. The number of halogens is 2. The highest BCUT2D eigenvalue weighted by molar-refractivity contribution is 7.13. The zero-order valence-electron chi connectivity index (χ0n) is 15.5. The molecule has 2 N–H and O–H groups in total. The predicted molar refractivity (Wildman–Crippen MR) is 101 cm³/mol. The Morgan fingerprint density at radius 2 is 2.07 bits per heavy atom. The average molecular weight is 409 g/mol. The molecule has 1 aromatic heterocycles. The molecule has 3 rings (SSSR count). The first kappa shape index (κ1) is 20.1. The molecule has 0 saturated carbocycles. The van der Waals surface area contributed by atoms with E-state index in [0.29, 0.717) is 24.0 Å². The normalized spacial score (nSPS) is 16.5. The molecule has 2 aromatic rings. The Kier molecular flexibility index (Phi) is 6.18. The number of benzene rings is 1. The summed E-state index contributed by atoms with van der Waals surface area (Å²) >= 11 is 1.09. The molecule has 0 unspecified atom stereocenters. The summed E-state index contributed by atoms with van der Waals surface area (Å²) in [6.45, 7) is 5.24. The van der Waals surface area contributed by atoms with Crippen molar-refractivity contribution in [2.24, 2.45) is 5.92 Å². The number of anilines is 1. The Hall–Kier alpha value is -2.62. The molecule has 0 spiro atoms. The summed E-state index contributed by atoms with van der Waals surface area (Å²) < 4.78 is 26.3. The zero-order chi connectivity index (χ0) is 20.3. The van der Waals surface area contributed by atoms with Gasteiger partial charge >= 0.3 is 6.03 Å². The van der Waals surface area contributed by atoms with Gasteiger partial charge in [-0.1, -0.05) is 25.2 Å². The van der Waals surface area contributed by atoms with E-state index in [1.807, 2.05) is 13.8 Å². The Morgan fingerprint density at radius 1 is 1.29 bits per heavy atom. The van der Waals surface area contributed by atoms with Crippen molar-refractivity contribution in [2.45, 2.75) is 32.7 Å². The molecule has 150 valence electrons. The molecule has 0 radical (unpaired) electrons. The summed E-state index contributed by atoms with van der Waals surface area (Å²) in [5.74, 6) is -2.26. The predicted octanol–water partition coefficient (Wildman–Crippen LogP) is 3.57. The van der Waals surface area contributed by atoms with E-state index in [2.05, 4.69) is 20.8 Å². The highest BCUT2D eigenvalue weighted by Gasteiger charge is 2.33. The largest absolute Gasteiger partial charge is 0.338 e. The van der Waals surface area contributed by atoms with E-state index in [4.69, 9.17) is 0 Å². The average Bonchev–Trinajstić information content (AvgIpc) is 3.31. The van der Waals surface area contributed by atoms with Gasteiger partial charge in [0.15, 0.2) is 11.6 Å². The molecule has 28 heavy (non-hydrogen) atoms. The molecule has 1 aliphatic heterocycles. The minimum Gasteiger partial charge on any atom is -0.338 e. The van der Waals surface area contributed by atoms with Gasteiger partial charge in [-0.15, -0.1) is 10.2 Å². The SMILES string of the molecule is CC(C)CNC(=O)N1CCC[C@@H]1c1nnc(C(=O)Nc2ccc(F)c(F)c2)s1. The second-order valence-electron chi connectivity index (χ2n) is 6.96. The van der Waals surface area contributed by atoms with E-state index < -0.39 is 17.5 Å². The molecule has 1 fully saturated rings. The van der Waals surface area contributed by atoms with Gasteiger partial charge in [0.2, 0.25) is 5.01 Å².